The zero-order chi connectivity index (χ0) is 27.2. The number of carbonyl (C=O) groups is 2. The highest BCUT2D eigenvalue weighted by Crippen LogP contribution is 2.33. The molecule has 35 heavy (non-hydrogen) atoms. The molecule has 0 heterocycles. The van der Waals surface area contributed by atoms with Gasteiger partial charge in [-0.1, -0.05) is 13.8 Å². The van der Waals surface area contributed by atoms with E-state index in [1.54, 1.807) is 27.7 Å². The zero-order valence-electron chi connectivity index (χ0n) is 19.9. The molecule has 0 saturated heterocycles. The number of carbonyl (C=O) groups excluding carboxylic acids is 2. The van der Waals surface area contributed by atoms with Gasteiger partial charge in [-0.05, 0) is 102 Å². The number of benzene rings is 1. The molecule has 0 bridgehead atoms. The third-order valence-electron chi connectivity index (χ3n) is 4.65. The Kier molecular flexibility index (Phi) is 12.0. The maximum absolute atomic E-state index is 12.6. The summed E-state index contributed by atoms with van der Waals surface area (Å²) in [7, 11) is -5.50. The van der Waals surface area contributed by atoms with Gasteiger partial charge in [-0.3, -0.25) is 10.1 Å². The van der Waals surface area contributed by atoms with E-state index in [4.69, 9.17) is 9.47 Å². The number of ether oxygens (including phenoxy) is 2. The summed E-state index contributed by atoms with van der Waals surface area (Å²) in [6.07, 6.45) is 0.598. The Morgan fingerprint density at radius 1 is 1.09 bits per heavy atom. The van der Waals surface area contributed by atoms with Crippen molar-refractivity contribution in [1.29, 1.82) is 0 Å². The van der Waals surface area contributed by atoms with Crippen LogP contribution in [0.15, 0.2) is 6.07 Å². The van der Waals surface area contributed by atoms with Crippen LogP contribution in [0.3, 0.4) is 0 Å². The Labute approximate surface area is 230 Å². The first-order chi connectivity index (χ1) is 15.9. The van der Waals surface area contributed by atoms with Crippen LogP contribution in [0.25, 0.3) is 0 Å². The minimum atomic E-state index is -5.50. The second kappa shape index (κ2) is 13.1. The van der Waals surface area contributed by atoms with Gasteiger partial charge in [0.25, 0.3) is 0 Å². The van der Waals surface area contributed by atoms with Gasteiger partial charge in [0, 0.05) is 13.7 Å². The fourth-order valence-corrected chi connectivity index (χ4v) is 5.77. The van der Waals surface area contributed by atoms with Gasteiger partial charge in [0.15, 0.2) is 0 Å². The van der Waals surface area contributed by atoms with Gasteiger partial charge in [0.1, 0.15) is 12.2 Å². The lowest BCUT2D eigenvalue weighted by atomic mass is 9.92. The second-order valence-electron chi connectivity index (χ2n) is 8.47. The van der Waals surface area contributed by atoms with Crippen LogP contribution in [0.5, 0.6) is 0 Å². The van der Waals surface area contributed by atoms with Crippen LogP contribution in [-0.4, -0.2) is 44.7 Å². The molecular formula is C21H29F3I2N2O6S. The van der Waals surface area contributed by atoms with Crippen molar-refractivity contribution in [3.8, 4) is 0 Å². The van der Waals surface area contributed by atoms with Gasteiger partial charge in [-0.2, -0.15) is 13.2 Å². The Hall–Kier alpha value is -0.880. The lowest BCUT2D eigenvalue weighted by molar-refractivity contribution is -0.148. The zero-order valence-corrected chi connectivity index (χ0v) is 25.1. The van der Waals surface area contributed by atoms with Crippen LogP contribution in [0.2, 0.25) is 0 Å². The van der Waals surface area contributed by atoms with Gasteiger partial charge >= 0.3 is 27.6 Å². The minimum absolute atomic E-state index is 0.269. The summed E-state index contributed by atoms with van der Waals surface area (Å²) >= 11 is 4.26. The molecular weight excluding hydrogens is 719 g/mol. The third kappa shape index (κ3) is 9.83. The molecule has 0 aromatic heterocycles. The van der Waals surface area contributed by atoms with Gasteiger partial charge in [-0.25, -0.2) is 17.9 Å². The molecule has 1 rings (SSSR count). The van der Waals surface area contributed by atoms with Crippen molar-refractivity contribution < 1.29 is 40.7 Å². The monoisotopic (exact) mass is 748 g/mol. The number of esters is 1. The van der Waals surface area contributed by atoms with E-state index in [-0.39, 0.29) is 6.42 Å². The molecule has 8 nitrogen and oxygen atoms in total. The number of nitrogens with one attached hydrogen (secondary N) is 2. The number of sulfonamides is 1. The SMILES string of the molecule is CCc1c(CC(CC)C(=O)OCCNS(=O)(=O)C(F)(F)F)c(I)cc(I)c1NC(=O)OC(C)(C)C. The smallest absolute Gasteiger partial charge is 0.464 e. The highest BCUT2D eigenvalue weighted by molar-refractivity contribution is 14.1. The number of amides is 1. The van der Waals surface area contributed by atoms with Crippen molar-refractivity contribution in [3.05, 3.63) is 24.3 Å². The van der Waals surface area contributed by atoms with Gasteiger partial charge in [0.05, 0.1) is 11.6 Å². The van der Waals surface area contributed by atoms with Crippen LogP contribution >= 0.6 is 45.2 Å². The highest BCUT2D eigenvalue weighted by Gasteiger charge is 2.45. The molecule has 0 aliphatic heterocycles. The Morgan fingerprint density at radius 3 is 2.17 bits per heavy atom. The first-order valence-electron chi connectivity index (χ1n) is 10.7. The Balaban J connectivity index is 3.01. The van der Waals surface area contributed by atoms with Crippen molar-refractivity contribution in [2.24, 2.45) is 5.92 Å². The van der Waals surface area contributed by atoms with Crippen LogP contribution < -0.4 is 10.0 Å². The Bertz CT molecular complexity index is 1030. The summed E-state index contributed by atoms with van der Waals surface area (Å²) in [5, 5.41) is 2.80. The number of alkyl halides is 3. The van der Waals surface area contributed by atoms with Gasteiger partial charge in [-0.15, -0.1) is 0 Å². The summed E-state index contributed by atoms with van der Waals surface area (Å²) in [4.78, 5) is 25.0. The van der Waals surface area contributed by atoms with Crippen molar-refractivity contribution >= 4 is 73.0 Å². The quantitative estimate of drug-likeness (QED) is 0.190. The fraction of sp³-hybridized carbons (Fsp3) is 0.619. The predicted octanol–water partition coefficient (Wildman–Crippen LogP) is 5.36. The normalized spacial score (nSPS) is 13.3. The summed E-state index contributed by atoms with van der Waals surface area (Å²) in [6.45, 7) is 7.70. The van der Waals surface area contributed by atoms with E-state index in [2.05, 4.69) is 50.5 Å². The van der Waals surface area contributed by atoms with Crippen molar-refractivity contribution in [1.82, 2.24) is 4.72 Å². The van der Waals surface area contributed by atoms with Crippen LogP contribution in [0.1, 0.15) is 52.2 Å². The second-order valence-corrected chi connectivity index (χ2v) is 12.6. The highest BCUT2D eigenvalue weighted by atomic mass is 127. The summed E-state index contributed by atoms with van der Waals surface area (Å²) in [5.41, 5.74) is -3.87. The summed E-state index contributed by atoms with van der Waals surface area (Å²) < 4.78 is 72.6. The number of hydrogen-bond acceptors (Lipinski definition) is 6. The van der Waals surface area contributed by atoms with Gasteiger partial charge < -0.3 is 9.47 Å². The molecule has 0 aliphatic rings. The summed E-state index contributed by atoms with van der Waals surface area (Å²) in [6, 6.07) is 1.87. The number of rotatable bonds is 10. The average molecular weight is 748 g/mol. The fourth-order valence-electron chi connectivity index (χ4n) is 3.03. The van der Waals surface area contributed by atoms with Crippen molar-refractivity contribution in [3.63, 3.8) is 0 Å². The molecule has 0 saturated carbocycles. The number of halogens is 5. The maximum atomic E-state index is 12.6. The maximum Gasteiger partial charge on any atom is 0.511 e. The lowest BCUT2D eigenvalue weighted by Crippen LogP contribution is -2.38. The Morgan fingerprint density at radius 2 is 1.69 bits per heavy atom. The van der Waals surface area contributed by atoms with Crippen LogP contribution in [0.4, 0.5) is 23.7 Å². The number of anilines is 1. The van der Waals surface area contributed by atoms with E-state index >= 15 is 0 Å². The van der Waals surface area contributed by atoms with E-state index < -0.39 is 52.3 Å². The average Bonchev–Trinajstić information content (AvgIpc) is 2.69. The van der Waals surface area contributed by atoms with E-state index in [0.717, 1.165) is 18.3 Å². The minimum Gasteiger partial charge on any atom is -0.464 e. The lowest BCUT2D eigenvalue weighted by Gasteiger charge is -2.23. The van der Waals surface area contributed by atoms with Gasteiger partial charge in [0.2, 0.25) is 0 Å². The van der Waals surface area contributed by atoms with E-state index in [1.807, 2.05) is 13.0 Å². The molecule has 14 heteroatoms. The van der Waals surface area contributed by atoms with Crippen molar-refractivity contribution in [2.45, 2.75) is 65.0 Å². The standard InChI is InChI=1S/C21H29F3I2N2O6S/c1-6-12(18(29)33-9-8-27-35(31,32)21(22,23)24)10-14-13(7-2)17(16(26)11-15(14)25)28-19(30)34-20(3,4)5/h11-12,27H,6-10H2,1-5H3,(H,28,30). The molecule has 0 aliphatic carbocycles. The van der Waals surface area contributed by atoms with Crippen molar-refractivity contribution in [2.75, 3.05) is 18.5 Å². The van der Waals surface area contributed by atoms with Crippen LogP contribution in [-0.2, 0) is 37.1 Å². The molecule has 1 amide bonds. The number of hydrogen-bond donors (Lipinski definition) is 2. The van der Waals surface area contributed by atoms with E-state index in [1.165, 1.54) is 4.72 Å². The van der Waals surface area contributed by atoms with E-state index in [0.29, 0.717) is 18.5 Å². The molecule has 2 N–H and O–H groups in total. The largest absolute Gasteiger partial charge is 0.511 e. The predicted molar refractivity (Wildman–Crippen MR) is 143 cm³/mol. The topological polar surface area (TPSA) is 111 Å². The molecule has 0 fully saturated rings. The molecule has 0 radical (unpaired) electrons. The van der Waals surface area contributed by atoms with E-state index in [9.17, 15) is 31.2 Å². The molecule has 0 spiro atoms. The third-order valence-corrected chi connectivity index (χ3v) is 7.65. The van der Waals surface area contributed by atoms with Crippen LogP contribution in [0, 0.1) is 13.1 Å². The first-order valence-corrected chi connectivity index (χ1v) is 14.3. The first kappa shape index (κ1) is 32.1. The molecule has 200 valence electrons. The molecule has 1 aromatic rings. The molecule has 1 unspecified atom stereocenters. The molecule has 1 aromatic carbocycles. The molecule has 1 atom stereocenters. The summed E-state index contributed by atoms with van der Waals surface area (Å²) in [5.74, 6) is -1.28.